The maximum Gasteiger partial charge on any atom is 1.00 e. The number of alkyl carbamates (subject to hydrolysis) is 1. The minimum Gasteiger partial charge on any atom is -0.550 e. The summed E-state index contributed by atoms with van der Waals surface area (Å²) in [5.41, 5.74) is 5.23. The molecular weight excluding hydrogens is 373 g/mol. The van der Waals surface area contributed by atoms with Crippen LogP contribution >= 0.6 is 0 Å². The molecule has 0 radical (unpaired) electrons. The Morgan fingerprint density at radius 3 is 1.97 bits per heavy atom. The molecule has 146 valence electrons. The summed E-state index contributed by atoms with van der Waals surface area (Å²) < 4.78 is 5.51. The van der Waals surface area contributed by atoms with E-state index in [1.165, 1.54) is 0 Å². The number of carbonyl (C=O) groups excluding carboxylic acids is 2. The van der Waals surface area contributed by atoms with Crippen molar-refractivity contribution in [3.8, 4) is 11.1 Å². The standard InChI is InChI=1S/C24H21NO4.Li/c26-23(27)14-22(16-8-2-1-3-9-16)25-24(28)29-15-21-19-12-6-4-10-17(19)18-11-5-7-13-20(18)21;/h1-13,21-22H,14-15H2,(H,25,28)(H,26,27);/q;+1/p-1/t22-;/m1./s1. The van der Waals surface area contributed by atoms with Crippen LogP contribution in [0.15, 0.2) is 78.9 Å². The molecule has 0 heterocycles. The number of hydrogen-bond donors (Lipinski definition) is 1. The molecule has 6 heteroatoms. The molecule has 3 aromatic carbocycles. The number of benzene rings is 3. The van der Waals surface area contributed by atoms with Crippen molar-refractivity contribution in [3.63, 3.8) is 0 Å². The number of fused-ring (bicyclic) bond motifs is 3. The zero-order valence-corrected chi connectivity index (χ0v) is 16.7. The second kappa shape index (κ2) is 9.67. The zero-order chi connectivity index (χ0) is 20.2. The minimum absolute atomic E-state index is 0. The molecule has 30 heavy (non-hydrogen) atoms. The smallest absolute Gasteiger partial charge is 0.550 e. The normalized spacial score (nSPS) is 12.8. The van der Waals surface area contributed by atoms with E-state index in [1.807, 2.05) is 42.5 Å². The van der Waals surface area contributed by atoms with Crippen molar-refractivity contribution >= 4 is 12.1 Å². The van der Waals surface area contributed by atoms with E-state index in [4.69, 9.17) is 4.74 Å². The average Bonchev–Trinajstić information content (AvgIpc) is 3.06. The Kier molecular flexibility index (Phi) is 6.99. The number of ether oxygens (including phenoxy) is 1. The molecule has 4 rings (SSSR count). The number of carboxylic acids is 1. The zero-order valence-electron chi connectivity index (χ0n) is 16.7. The van der Waals surface area contributed by atoms with Crippen LogP contribution in [0, 0.1) is 0 Å². The molecule has 0 aliphatic heterocycles. The first-order chi connectivity index (χ1) is 14.1. The van der Waals surface area contributed by atoms with E-state index in [0.29, 0.717) is 5.56 Å². The van der Waals surface area contributed by atoms with Crippen LogP contribution < -0.4 is 29.3 Å². The fraction of sp³-hybridized carbons (Fsp3) is 0.167. The summed E-state index contributed by atoms with van der Waals surface area (Å²) >= 11 is 0. The van der Waals surface area contributed by atoms with E-state index in [1.54, 1.807) is 24.3 Å². The van der Waals surface area contributed by atoms with Gasteiger partial charge in [0.25, 0.3) is 0 Å². The molecule has 5 nitrogen and oxygen atoms in total. The van der Waals surface area contributed by atoms with E-state index >= 15 is 0 Å². The van der Waals surface area contributed by atoms with E-state index < -0.39 is 18.1 Å². The number of amides is 1. The molecule has 1 aliphatic rings. The van der Waals surface area contributed by atoms with Crippen LogP contribution in [0.4, 0.5) is 4.79 Å². The van der Waals surface area contributed by atoms with E-state index in [2.05, 4.69) is 17.4 Å². The van der Waals surface area contributed by atoms with Crippen molar-refractivity contribution in [2.45, 2.75) is 18.4 Å². The van der Waals surface area contributed by atoms with Crippen molar-refractivity contribution in [1.29, 1.82) is 0 Å². The molecule has 0 saturated heterocycles. The number of aliphatic carboxylic acids is 1. The first-order valence-electron chi connectivity index (χ1n) is 9.50. The number of hydrogen-bond acceptors (Lipinski definition) is 4. The molecule has 1 aliphatic carbocycles. The van der Waals surface area contributed by atoms with Gasteiger partial charge in [-0.15, -0.1) is 0 Å². The van der Waals surface area contributed by atoms with E-state index in [0.717, 1.165) is 22.3 Å². The maximum absolute atomic E-state index is 12.4. The predicted molar refractivity (Wildman–Crippen MR) is 107 cm³/mol. The van der Waals surface area contributed by atoms with Gasteiger partial charge in [0.1, 0.15) is 6.61 Å². The molecule has 3 aromatic rings. The second-order valence-electron chi connectivity index (χ2n) is 7.01. The van der Waals surface area contributed by atoms with Crippen LogP contribution in [0.2, 0.25) is 0 Å². The molecule has 1 N–H and O–H groups in total. The summed E-state index contributed by atoms with van der Waals surface area (Å²) in [7, 11) is 0. The molecular formula is C24H20LiNO4. The first kappa shape index (κ1) is 21.7. The van der Waals surface area contributed by atoms with Gasteiger partial charge in [-0.1, -0.05) is 78.9 Å². The maximum atomic E-state index is 12.4. The molecule has 1 amide bonds. The quantitative estimate of drug-likeness (QED) is 0.616. The van der Waals surface area contributed by atoms with Crippen molar-refractivity contribution in [1.82, 2.24) is 5.32 Å². The summed E-state index contributed by atoms with van der Waals surface area (Å²) in [5.74, 6) is -1.29. The third-order valence-electron chi connectivity index (χ3n) is 5.21. The van der Waals surface area contributed by atoms with Crippen LogP contribution in [-0.2, 0) is 9.53 Å². The van der Waals surface area contributed by atoms with Crippen LogP contribution in [0.3, 0.4) is 0 Å². The van der Waals surface area contributed by atoms with E-state index in [9.17, 15) is 14.7 Å². The SMILES string of the molecule is O=C([O-])C[C@@H](NC(=O)OCC1c2ccccc2-c2ccccc21)c1ccccc1.[Li+]. The first-order valence-corrected chi connectivity index (χ1v) is 9.50. The summed E-state index contributed by atoms with van der Waals surface area (Å²) in [6.07, 6.45) is -0.976. The van der Waals surface area contributed by atoms with Crippen molar-refractivity contribution in [2.24, 2.45) is 0 Å². The predicted octanol–water partition coefficient (Wildman–Crippen LogP) is 0.410. The molecule has 0 aromatic heterocycles. The topological polar surface area (TPSA) is 78.5 Å². The van der Waals surface area contributed by atoms with Crippen LogP contribution in [0.1, 0.15) is 35.1 Å². The number of nitrogens with one attached hydrogen (secondary N) is 1. The third kappa shape index (κ3) is 4.59. The summed E-state index contributed by atoms with van der Waals surface area (Å²) in [5, 5.41) is 13.8. The Balaban J connectivity index is 0.00000256. The Morgan fingerprint density at radius 2 is 1.40 bits per heavy atom. The fourth-order valence-electron chi connectivity index (χ4n) is 3.89. The summed E-state index contributed by atoms with van der Waals surface area (Å²) in [6, 6.07) is 24.4. The van der Waals surface area contributed by atoms with Crippen LogP contribution in [-0.4, -0.2) is 18.7 Å². The number of rotatable bonds is 6. The van der Waals surface area contributed by atoms with Gasteiger partial charge in [0.2, 0.25) is 0 Å². The van der Waals surface area contributed by atoms with Gasteiger partial charge in [-0.25, -0.2) is 4.79 Å². The molecule has 0 spiro atoms. The second-order valence-corrected chi connectivity index (χ2v) is 7.01. The molecule has 0 saturated carbocycles. The van der Waals surface area contributed by atoms with Gasteiger partial charge in [-0.05, 0) is 27.8 Å². The Bertz CT molecular complexity index is 993. The summed E-state index contributed by atoms with van der Waals surface area (Å²) in [4.78, 5) is 23.5. The number of carbonyl (C=O) groups is 2. The molecule has 0 unspecified atom stereocenters. The average molecular weight is 393 g/mol. The molecule has 0 bridgehead atoms. The van der Waals surface area contributed by atoms with E-state index in [-0.39, 0.29) is 37.8 Å². The Hall–Kier alpha value is -3.00. The van der Waals surface area contributed by atoms with Gasteiger partial charge in [0, 0.05) is 18.3 Å². The monoisotopic (exact) mass is 393 g/mol. The van der Waals surface area contributed by atoms with Gasteiger partial charge in [-0.2, -0.15) is 0 Å². The van der Waals surface area contributed by atoms with Crippen molar-refractivity contribution in [2.75, 3.05) is 6.61 Å². The fourth-order valence-corrected chi connectivity index (χ4v) is 3.89. The summed E-state index contributed by atoms with van der Waals surface area (Å²) in [6.45, 7) is 0.173. The Labute approximate surface area is 187 Å². The van der Waals surface area contributed by atoms with Gasteiger partial charge in [-0.3, -0.25) is 0 Å². The molecule has 0 fully saturated rings. The van der Waals surface area contributed by atoms with Crippen molar-refractivity contribution < 1.29 is 38.3 Å². The molecule has 1 atom stereocenters. The van der Waals surface area contributed by atoms with Gasteiger partial charge >= 0.3 is 25.0 Å². The largest absolute Gasteiger partial charge is 1.00 e. The van der Waals surface area contributed by atoms with Crippen molar-refractivity contribution in [3.05, 3.63) is 95.6 Å². The van der Waals surface area contributed by atoms with Gasteiger partial charge < -0.3 is 20.0 Å². The van der Waals surface area contributed by atoms with Crippen LogP contribution in [0.5, 0.6) is 0 Å². The van der Waals surface area contributed by atoms with Crippen LogP contribution in [0.25, 0.3) is 11.1 Å². The van der Waals surface area contributed by atoms with Gasteiger partial charge in [0.15, 0.2) is 0 Å². The number of carboxylic acid groups (broad SMARTS) is 1. The third-order valence-corrected chi connectivity index (χ3v) is 5.21. The Morgan fingerprint density at radius 1 is 0.867 bits per heavy atom. The van der Waals surface area contributed by atoms with Gasteiger partial charge in [0.05, 0.1) is 6.04 Å². The minimum atomic E-state index is -1.24.